The molecule has 9 heteroatoms. The molecule has 0 aliphatic rings. The number of hydrogen-bond donors (Lipinski definition) is 1. The van der Waals surface area contributed by atoms with Gasteiger partial charge in [-0.05, 0) is 69.0 Å². The van der Waals surface area contributed by atoms with Crippen LogP contribution < -0.4 is 9.62 Å². The minimum Gasteiger partial charge on any atom is -0.352 e. The summed E-state index contributed by atoms with van der Waals surface area (Å²) in [5, 5.41) is 3.43. The lowest BCUT2D eigenvalue weighted by Crippen LogP contribution is -2.53. The van der Waals surface area contributed by atoms with Gasteiger partial charge < -0.3 is 10.2 Å². The number of nitrogens with zero attached hydrogens (tertiary/aromatic N) is 2. The topological polar surface area (TPSA) is 86.8 Å². The molecule has 0 saturated heterocycles. The molecule has 0 aromatic heterocycles. The van der Waals surface area contributed by atoms with Crippen molar-refractivity contribution in [2.75, 3.05) is 17.1 Å². The zero-order chi connectivity index (χ0) is 25.6. The Morgan fingerprint density at radius 3 is 2.21 bits per heavy atom. The standard InChI is InChI=1S/C25H34ClN3O4S/c1-7-22(25(31)27-17(2)3)28(15-20-11-13-21(26)14-12-20)24(30)16-29(34(6,32)33)23-10-8-9-18(4)19(23)5/h8-14,17,22H,7,15-16H2,1-6H3,(H,27,31)/t22-/m0/s1. The SMILES string of the molecule is CC[C@@H](C(=O)NC(C)C)N(Cc1ccc(Cl)cc1)C(=O)CN(c1cccc(C)c1C)S(C)(=O)=O. The van der Waals surface area contributed by atoms with Gasteiger partial charge in [-0.3, -0.25) is 13.9 Å². The molecule has 0 aliphatic carbocycles. The van der Waals surface area contributed by atoms with E-state index in [1.54, 1.807) is 36.4 Å². The zero-order valence-electron chi connectivity index (χ0n) is 20.6. The average molecular weight is 508 g/mol. The maximum atomic E-state index is 13.6. The van der Waals surface area contributed by atoms with E-state index in [4.69, 9.17) is 11.6 Å². The van der Waals surface area contributed by atoms with Crippen molar-refractivity contribution in [3.05, 3.63) is 64.2 Å². The van der Waals surface area contributed by atoms with Gasteiger partial charge in [-0.1, -0.05) is 42.8 Å². The van der Waals surface area contributed by atoms with Crippen LogP contribution in [0.15, 0.2) is 42.5 Å². The highest BCUT2D eigenvalue weighted by atomic mass is 35.5. The van der Waals surface area contributed by atoms with Crippen LogP contribution in [-0.2, 0) is 26.2 Å². The van der Waals surface area contributed by atoms with E-state index in [0.29, 0.717) is 17.1 Å². The summed E-state index contributed by atoms with van der Waals surface area (Å²) in [6, 6.07) is 11.5. The highest BCUT2D eigenvalue weighted by molar-refractivity contribution is 7.92. The molecule has 0 radical (unpaired) electrons. The molecule has 34 heavy (non-hydrogen) atoms. The Morgan fingerprint density at radius 1 is 1.06 bits per heavy atom. The number of anilines is 1. The average Bonchev–Trinajstić information content (AvgIpc) is 2.74. The van der Waals surface area contributed by atoms with Gasteiger partial charge in [0.05, 0.1) is 11.9 Å². The maximum absolute atomic E-state index is 13.6. The molecule has 0 unspecified atom stereocenters. The molecule has 2 aromatic carbocycles. The van der Waals surface area contributed by atoms with Crippen LogP contribution in [-0.4, -0.2) is 50.0 Å². The Kier molecular flexibility index (Phi) is 9.53. The number of nitrogens with one attached hydrogen (secondary N) is 1. The van der Waals surface area contributed by atoms with Crippen LogP contribution in [0.25, 0.3) is 0 Å². The van der Waals surface area contributed by atoms with Gasteiger partial charge in [0, 0.05) is 17.6 Å². The van der Waals surface area contributed by atoms with Crippen molar-refractivity contribution >= 4 is 39.1 Å². The van der Waals surface area contributed by atoms with E-state index in [0.717, 1.165) is 27.3 Å². The van der Waals surface area contributed by atoms with Crippen LogP contribution in [0.3, 0.4) is 0 Å². The summed E-state index contributed by atoms with van der Waals surface area (Å²) in [5.74, 6) is -0.746. The number of sulfonamides is 1. The van der Waals surface area contributed by atoms with Crippen molar-refractivity contribution in [2.45, 2.75) is 59.7 Å². The summed E-state index contributed by atoms with van der Waals surface area (Å²) in [4.78, 5) is 28.1. The van der Waals surface area contributed by atoms with Gasteiger partial charge in [-0.15, -0.1) is 0 Å². The first kappa shape index (κ1) is 27.7. The molecular formula is C25H34ClN3O4S. The lowest BCUT2D eigenvalue weighted by atomic mass is 10.1. The van der Waals surface area contributed by atoms with Gasteiger partial charge in [-0.25, -0.2) is 8.42 Å². The van der Waals surface area contributed by atoms with Gasteiger partial charge in [0.1, 0.15) is 12.6 Å². The molecule has 2 amide bonds. The molecule has 0 aliphatic heterocycles. The molecule has 0 bridgehead atoms. The van der Waals surface area contributed by atoms with Crippen LogP contribution >= 0.6 is 11.6 Å². The molecule has 7 nitrogen and oxygen atoms in total. The van der Waals surface area contributed by atoms with E-state index >= 15 is 0 Å². The third-order valence-electron chi connectivity index (χ3n) is 5.61. The van der Waals surface area contributed by atoms with Crippen LogP contribution in [0.5, 0.6) is 0 Å². The van der Waals surface area contributed by atoms with Crippen LogP contribution in [0.1, 0.15) is 43.9 Å². The number of halogens is 1. The van der Waals surface area contributed by atoms with Crippen LogP contribution in [0.4, 0.5) is 5.69 Å². The van der Waals surface area contributed by atoms with Crippen molar-refractivity contribution in [1.29, 1.82) is 0 Å². The Morgan fingerprint density at radius 2 is 1.68 bits per heavy atom. The summed E-state index contributed by atoms with van der Waals surface area (Å²) in [6.45, 7) is 8.96. The largest absolute Gasteiger partial charge is 0.352 e. The Bertz CT molecular complexity index is 1120. The highest BCUT2D eigenvalue weighted by Gasteiger charge is 2.32. The Hall–Kier alpha value is -2.58. The van der Waals surface area contributed by atoms with Gasteiger partial charge in [0.2, 0.25) is 21.8 Å². The summed E-state index contributed by atoms with van der Waals surface area (Å²) >= 11 is 6.00. The van der Waals surface area contributed by atoms with Gasteiger partial charge in [-0.2, -0.15) is 0 Å². The first-order chi connectivity index (χ1) is 15.8. The Labute approximate surface area is 208 Å². The second-order valence-corrected chi connectivity index (χ2v) is 11.1. The predicted molar refractivity (Wildman–Crippen MR) is 137 cm³/mol. The summed E-state index contributed by atoms with van der Waals surface area (Å²) in [6.07, 6.45) is 1.45. The molecule has 0 spiro atoms. The fraction of sp³-hybridized carbons (Fsp3) is 0.440. The van der Waals surface area contributed by atoms with Crippen molar-refractivity contribution in [3.63, 3.8) is 0 Å². The molecule has 1 N–H and O–H groups in total. The molecule has 0 fully saturated rings. The number of hydrogen-bond acceptors (Lipinski definition) is 4. The summed E-state index contributed by atoms with van der Waals surface area (Å²) in [5.41, 5.74) is 2.92. The quantitative estimate of drug-likeness (QED) is 0.525. The van der Waals surface area contributed by atoms with E-state index in [1.165, 1.54) is 4.90 Å². The molecule has 2 aromatic rings. The molecule has 1 atom stereocenters. The number of carbonyl (C=O) groups is 2. The molecular weight excluding hydrogens is 474 g/mol. The van der Waals surface area contributed by atoms with E-state index in [9.17, 15) is 18.0 Å². The number of aryl methyl sites for hydroxylation is 1. The minimum atomic E-state index is -3.77. The summed E-state index contributed by atoms with van der Waals surface area (Å²) < 4.78 is 26.6. The maximum Gasteiger partial charge on any atom is 0.244 e. The van der Waals surface area contributed by atoms with Gasteiger partial charge in [0.15, 0.2) is 0 Å². The fourth-order valence-electron chi connectivity index (χ4n) is 3.69. The Balaban J connectivity index is 2.48. The zero-order valence-corrected chi connectivity index (χ0v) is 22.2. The lowest BCUT2D eigenvalue weighted by molar-refractivity contribution is -0.140. The first-order valence-corrected chi connectivity index (χ1v) is 13.5. The lowest BCUT2D eigenvalue weighted by Gasteiger charge is -2.33. The number of amides is 2. The highest BCUT2D eigenvalue weighted by Crippen LogP contribution is 2.25. The number of benzene rings is 2. The van der Waals surface area contributed by atoms with Crippen molar-refractivity contribution in [2.24, 2.45) is 0 Å². The van der Waals surface area contributed by atoms with Crippen LogP contribution in [0, 0.1) is 13.8 Å². The van der Waals surface area contributed by atoms with E-state index in [-0.39, 0.29) is 18.5 Å². The third-order valence-corrected chi connectivity index (χ3v) is 6.99. The van der Waals surface area contributed by atoms with Gasteiger partial charge in [0.25, 0.3) is 0 Å². The number of carbonyl (C=O) groups excluding carboxylic acids is 2. The second-order valence-electron chi connectivity index (χ2n) is 8.72. The first-order valence-electron chi connectivity index (χ1n) is 11.2. The predicted octanol–water partition coefficient (Wildman–Crippen LogP) is 4.05. The molecule has 186 valence electrons. The van der Waals surface area contributed by atoms with Crippen molar-refractivity contribution < 1.29 is 18.0 Å². The molecule has 0 heterocycles. The van der Waals surface area contributed by atoms with Gasteiger partial charge >= 0.3 is 0 Å². The minimum absolute atomic E-state index is 0.100. The second kappa shape index (κ2) is 11.7. The number of rotatable bonds is 10. The summed E-state index contributed by atoms with van der Waals surface area (Å²) in [7, 11) is -3.77. The third kappa shape index (κ3) is 7.21. The normalized spacial score (nSPS) is 12.4. The van der Waals surface area contributed by atoms with Crippen molar-refractivity contribution in [1.82, 2.24) is 10.2 Å². The fourth-order valence-corrected chi connectivity index (χ4v) is 4.71. The van der Waals surface area contributed by atoms with E-state index < -0.39 is 28.5 Å². The van der Waals surface area contributed by atoms with Crippen LogP contribution in [0.2, 0.25) is 5.02 Å². The smallest absolute Gasteiger partial charge is 0.244 e. The van der Waals surface area contributed by atoms with Crippen molar-refractivity contribution in [3.8, 4) is 0 Å². The van der Waals surface area contributed by atoms with E-state index in [2.05, 4.69) is 5.32 Å². The molecule has 0 saturated carbocycles. The van der Waals surface area contributed by atoms with E-state index in [1.807, 2.05) is 40.7 Å². The molecule has 2 rings (SSSR count). The monoisotopic (exact) mass is 507 g/mol.